The first kappa shape index (κ1) is 20.0. The smallest absolute Gasteiger partial charge is 0.271 e. The van der Waals surface area contributed by atoms with Crippen LogP contribution in [0.3, 0.4) is 0 Å². The predicted molar refractivity (Wildman–Crippen MR) is 101 cm³/mol. The molecule has 0 spiro atoms. The van der Waals surface area contributed by atoms with Crippen molar-refractivity contribution in [2.24, 2.45) is 0 Å². The molecule has 1 N–H and O–H groups in total. The van der Waals surface area contributed by atoms with E-state index < -0.39 is 10.8 Å². The van der Waals surface area contributed by atoms with Crippen molar-refractivity contribution in [3.05, 3.63) is 52.1 Å². The van der Waals surface area contributed by atoms with Gasteiger partial charge in [-0.05, 0) is 30.7 Å². The highest BCUT2D eigenvalue weighted by Gasteiger charge is 2.16. The molecule has 27 heavy (non-hydrogen) atoms. The van der Waals surface area contributed by atoms with E-state index in [2.05, 4.69) is 12.2 Å². The van der Waals surface area contributed by atoms with Crippen LogP contribution in [0.4, 0.5) is 11.4 Å². The van der Waals surface area contributed by atoms with E-state index in [1.165, 1.54) is 32.4 Å². The van der Waals surface area contributed by atoms with Crippen LogP contribution in [0.1, 0.15) is 30.1 Å². The first-order valence-corrected chi connectivity index (χ1v) is 8.44. The maximum atomic E-state index is 12.6. The number of rotatable bonds is 9. The van der Waals surface area contributed by atoms with Crippen LogP contribution in [0.15, 0.2) is 36.4 Å². The standard InChI is InChI=1S/C19H22N2O6/c1-4-5-10-27-17-8-6-13(11-18(17)26-3)19(22)20-15-12-14(21(23)24)7-9-16(15)25-2/h6-9,11-12H,4-5,10H2,1-3H3,(H,20,22). The van der Waals surface area contributed by atoms with Gasteiger partial charge < -0.3 is 19.5 Å². The van der Waals surface area contributed by atoms with Crippen LogP contribution in [0.25, 0.3) is 0 Å². The predicted octanol–water partition coefficient (Wildman–Crippen LogP) is 4.04. The van der Waals surface area contributed by atoms with Gasteiger partial charge in [0.2, 0.25) is 0 Å². The molecule has 0 heterocycles. The van der Waals surface area contributed by atoms with E-state index in [9.17, 15) is 14.9 Å². The van der Waals surface area contributed by atoms with E-state index in [4.69, 9.17) is 14.2 Å². The van der Waals surface area contributed by atoms with Crippen LogP contribution >= 0.6 is 0 Å². The second kappa shape index (κ2) is 9.42. The van der Waals surface area contributed by atoms with E-state index in [-0.39, 0.29) is 11.4 Å². The zero-order chi connectivity index (χ0) is 19.8. The molecule has 0 unspecified atom stereocenters. The Balaban J connectivity index is 2.23. The summed E-state index contributed by atoms with van der Waals surface area (Å²) in [4.78, 5) is 23.0. The van der Waals surface area contributed by atoms with Gasteiger partial charge in [0.05, 0.1) is 31.4 Å². The van der Waals surface area contributed by atoms with E-state index in [0.29, 0.717) is 29.4 Å². The molecular formula is C19H22N2O6. The molecule has 0 bridgehead atoms. The molecule has 2 aromatic rings. The van der Waals surface area contributed by atoms with Gasteiger partial charge in [0.15, 0.2) is 11.5 Å². The summed E-state index contributed by atoms with van der Waals surface area (Å²) in [6.45, 7) is 2.62. The number of nitrogens with one attached hydrogen (secondary N) is 1. The van der Waals surface area contributed by atoms with Crippen molar-refractivity contribution in [1.82, 2.24) is 0 Å². The number of ether oxygens (including phenoxy) is 3. The second-order valence-electron chi connectivity index (χ2n) is 5.66. The molecule has 0 fully saturated rings. The van der Waals surface area contributed by atoms with Crippen molar-refractivity contribution in [3.63, 3.8) is 0 Å². The number of nitro benzene ring substituents is 1. The minimum atomic E-state index is -0.541. The lowest BCUT2D eigenvalue weighted by Gasteiger charge is -2.13. The van der Waals surface area contributed by atoms with Crippen LogP contribution in [0.2, 0.25) is 0 Å². The summed E-state index contributed by atoms with van der Waals surface area (Å²) in [7, 11) is 2.91. The van der Waals surface area contributed by atoms with Crippen LogP contribution in [0, 0.1) is 10.1 Å². The number of nitrogens with zero attached hydrogens (tertiary/aromatic N) is 1. The molecule has 2 rings (SSSR count). The SMILES string of the molecule is CCCCOc1ccc(C(=O)Nc2cc([N+](=O)[O-])ccc2OC)cc1OC. The van der Waals surface area contributed by atoms with Crippen molar-refractivity contribution < 1.29 is 23.9 Å². The van der Waals surface area contributed by atoms with Crippen molar-refractivity contribution in [3.8, 4) is 17.2 Å². The Hall–Kier alpha value is -3.29. The molecule has 0 atom stereocenters. The Morgan fingerprint density at radius 1 is 1.07 bits per heavy atom. The Morgan fingerprint density at radius 2 is 1.78 bits per heavy atom. The van der Waals surface area contributed by atoms with E-state index in [1.807, 2.05) is 0 Å². The van der Waals surface area contributed by atoms with Gasteiger partial charge in [-0.3, -0.25) is 14.9 Å². The second-order valence-corrected chi connectivity index (χ2v) is 5.66. The van der Waals surface area contributed by atoms with Crippen molar-refractivity contribution in [2.45, 2.75) is 19.8 Å². The third kappa shape index (κ3) is 5.10. The summed E-state index contributed by atoms with van der Waals surface area (Å²) in [5, 5.41) is 13.6. The number of carbonyl (C=O) groups is 1. The van der Waals surface area contributed by atoms with Crippen LogP contribution in [-0.4, -0.2) is 31.7 Å². The van der Waals surface area contributed by atoms with Gasteiger partial charge >= 0.3 is 0 Å². The van der Waals surface area contributed by atoms with Crippen molar-refractivity contribution in [2.75, 3.05) is 26.1 Å². The van der Waals surface area contributed by atoms with Gasteiger partial charge in [-0.1, -0.05) is 13.3 Å². The van der Waals surface area contributed by atoms with Crippen LogP contribution in [0.5, 0.6) is 17.2 Å². The summed E-state index contributed by atoms with van der Waals surface area (Å²) < 4.78 is 16.1. The number of unbranched alkanes of at least 4 members (excludes halogenated alkanes) is 1. The van der Waals surface area contributed by atoms with E-state index >= 15 is 0 Å². The fourth-order valence-electron chi connectivity index (χ4n) is 2.36. The number of carbonyl (C=O) groups excluding carboxylic acids is 1. The molecule has 144 valence electrons. The third-order valence-corrected chi connectivity index (χ3v) is 3.82. The first-order valence-electron chi connectivity index (χ1n) is 8.44. The molecule has 0 radical (unpaired) electrons. The fourth-order valence-corrected chi connectivity index (χ4v) is 2.36. The monoisotopic (exact) mass is 374 g/mol. The van der Waals surface area contributed by atoms with Crippen molar-refractivity contribution >= 4 is 17.3 Å². The Labute approximate surface area is 157 Å². The van der Waals surface area contributed by atoms with Gasteiger partial charge in [0.1, 0.15) is 5.75 Å². The number of hydrogen-bond acceptors (Lipinski definition) is 6. The summed E-state index contributed by atoms with van der Waals surface area (Å²) in [5.74, 6) is 0.854. The summed E-state index contributed by atoms with van der Waals surface area (Å²) in [5.41, 5.74) is 0.380. The highest BCUT2D eigenvalue weighted by molar-refractivity contribution is 6.05. The maximum Gasteiger partial charge on any atom is 0.271 e. The lowest BCUT2D eigenvalue weighted by atomic mass is 10.1. The number of amides is 1. The van der Waals surface area contributed by atoms with Crippen molar-refractivity contribution in [1.29, 1.82) is 0 Å². The average Bonchev–Trinajstić information content (AvgIpc) is 2.68. The van der Waals surface area contributed by atoms with E-state index in [0.717, 1.165) is 12.8 Å². The maximum absolute atomic E-state index is 12.6. The largest absolute Gasteiger partial charge is 0.495 e. The molecule has 8 heteroatoms. The normalized spacial score (nSPS) is 10.2. The number of hydrogen-bond donors (Lipinski definition) is 1. The number of methoxy groups -OCH3 is 2. The van der Waals surface area contributed by atoms with Gasteiger partial charge in [0, 0.05) is 17.7 Å². The van der Waals surface area contributed by atoms with Gasteiger partial charge in [-0.15, -0.1) is 0 Å². The highest BCUT2D eigenvalue weighted by atomic mass is 16.6. The molecule has 0 aliphatic rings. The molecule has 0 saturated heterocycles. The molecule has 2 aromatic carbocycles. The Kier molecular flexibility index (Phi) is 6.99. The van der Waals surface area contributed by atoms with Crippen LogP contribution in [-0.2, 0) is 0 Å². The number of benzene rings is 2. The minimum absolute atomic E-state index is 0.150. The average molecular weight is 374 g/mol. The Morgan fingerprint density at radius 3 is 2.41 bits per heavy atom. The quantitative estimate of drug-likeness (QED) is 0.404. The lowest BCUT2D eigenvalue weighted by molar-refractivity contribution is -0.384. The number of anilines is 1. The van der Waals surface area contributed by atoms with Crippen LogP contribution < -0.4 is 19.5 Å². The van der Waals surface area contributed by atoms with Gasteiger partial charge in [0.25, 0.3) is 11.6 Å². The molecule has 0 aliphatic heterocycles. The first-order chi connectivity index (χ1) is 13.0. The minimum Gasteiger partial charge on any atom is -0.495 e. The van der Waals surface area contributed by atoms with E-state index in [1.54, 1.807) is 18.2 Å². The molecule has 0 saturated carbocycles. The summed E-state index contributed by atoms with van der Waals surface area (Å²) in [6, 6.07) is 8.80. The van der Waals surface area contributed by atoms with Gasteiger partial charge in [-0.2, -0.15) is 0 Å². The molecule has 8 nitrogen and oxygen atoms in total. The zero-order valence-corrected chi connectivity index (χ0v) is 15.5. The highest BCUT2D eigenvalue weighted by Crippen LogP contribution is 2.31. The molecular weight excluding hydrogens is 352 g/mol. The zero-order valence-electron chi connectivity index (χ0n) is 15.5. The lowest BCUT2D eigenvalue weighted by Crippen LogP contribution is -2.13. The molecule has 0 aromatic heterocycles. The molecule has 1 amide bonds. The topological polar surface area (TPSA) is 99.9 Å². The summed E-state index contributed by atoms with van der Waals surface area (Å²) in [6.07, 6.45) is 1.92. The summed E-state index contributed by atoms with van der Waals surface area (Å²) >= 11 is 0. The number of nitro groups is 1. The molecule has 0 aliphatic carbocycles. The van der Waals surface area contributed by atoms with Gasteiger partial charge in [-0.25, -0.2) is 0 Å². The third-order valence-electron chi connectivity index (χ3n) is 3.82. The number of non-ortho nitro benzene ring substituents is 1. The Bertz CT molecular complexity index is 822. The fraction of sp³-hybridized carbons (Fsp3) is 0.316.